The monoisotopic (exact) mass is 335 g/mol. The second-order valence-electron chi connectivity index (χ2n) is 5.63. The molecule has 0 radical (unpaired) electrons. The Kier molecular flexibility index (Phi) is 6.59. The molecule has 1 amide bonds. The number of carbonyl (C=O) groups is 1. The number of hydrogen-bond donors (Lipinski definition) is 1. The van der Waals surface area contributed by atoms with Crippen LogP contribution in [0.15, 0.2) is 24.3 Å². The van der Waals surface area contributed by atoms with Gasteiger partial charge in [0.1, 0.15) is 5.75 Å². The average Bonchev–Trinajstić information content (AvgIpc) is 2.40. The molecule has 0 atom stereocenters. The zero-order chi connectivity index (χ0) is 16.8. The minimum atomic E-state index is -4.42. The molecular weight excluding hydrogens is 315 g/mol. The summed E-state index contributed by atoms with van der Waals surface area (Å²) in [4.78, 5) is 11.6. The van der Waals surface area contributed by atoms with Crippen LogP contribution in [0, 0.1) is 0 Å². The Bertz CT molecular complexity index is 498. The van der Waals surface area contributed by atoms with E-state index in [9.17, 15) is 18.0 Å². The fourth-order valence-electron chi connectivity index (χ4n) is 1.51. The minimum absolute atomic E-state index is 0.0223. The second kappa shape index (κ2) is 7.76. The molecular formula is C15H20F3NO2S. The van der Waals surface area contributed by atoms with Crippen LogP contribution in [0.1, 0.15) is 26.3 Å². The lowest BCUT2D eigenvalue weighted by atomic mass is 10.2. The van der Waals surface area contributed by atoms with Gasteiger partial charge in [0, 0.05) is 17.0 Å². The summed E-state index contributed by atoms with van der Waals surface area (Å²) in [5.41, 5.74) is -0.799. The fourth-order valence-corrected chi connectivity index (χ4v) is 2.33. The van der Waals surface area contributed by atoms with Crippen molar-refractivity contribution < 1.29 is 22.7 Å². The van der Waals surface area contributed by atoms with Gasteiger partial charge in [-0.3, -0.25) is 4.79 Å². The van der Waals surface area contributed by atoms with Gasteiger partial charge >= 0.3 is 6.18 Å². The Labute approximate surface area is 132 Å². The molecule has 22 heavy (non-hydrogen) atoms. The summed E-state index contributed by atoms with van der Waals surface area (Å²) in [6.07, 6.45) is -4.42. The molecule has 1 aromatic rings. The van der Waals surface area contributed by atoms with Gasteiger partial charge < -0.3 is 10.1 Å². The number of amides is 1. The van der Waals surface area contributed by atoms with E-state index in [4.69, 9.17) is 4.74 Å². The molecule has 0 aliphatic heterocycles. The van der Waals surface area contributed by atoms with Gasteiger partial charge in [0.2, 0.25) is 0 Å². The number of carbonyl (C=O) groups excluding carboxylic acids is 1. The number of nitrogens with one attached hydrogen (secondary N) is 1. The first-order chi connectivity index (χ1) is 10.1. The van der Waals surface area contributed by atoms with E-state index in [-0.39, 0.29) is 23.0 Å². The number of hydrogen-bond acceptors (Lipinski definition) is 3. The number of alkyl halides is 3. The summed E-state index contributed by atoms with van der Waals surface area (Å²) < 4.78 is 42.8. The quantitative estimate of drug-likeness (QED) is 0.805. The first-order valence-corrected chi connectivity index (χ1v) is 7.77. The summed E-state index contributed by atoms with van der Waals surface area (Å²) in [6.45, 7) is 6.43. The van der Waals surface area contributed by atoms with Crippen LogP contribution >= 0.6 is 11.8 Å². The largest absolute Gasteiger partial charge is 0.484 e. The van der Waals surface area contributed by atoms with Crippen LogP contribution in [0.2, 0.25) is 0 Å². The van der Waals surface area contributed by atoms with Crippen molar-refractivity contribution in [3.8, 4) is 5.75 Å². The number of benzene rings is 1. The van der Waals surface area contributed by atoms with E-state index in [1.54, 1.807) is 11.8 Å². The maximum absolute atomic E-state index is 12.5. The summed E-state index contributed by atoms with van der Waals surface area (Å²) in [5, 5.41) is 2.66. The van der Waals surface area contributed by atoms with Gasteiger partial charge in [0.25, 0.3) is 5.91 Å². The van der Waals surface area contributed by atoms with Gasteiger partial charge in [-0.2, -0.15) is 24.9 Å². The molecule has 0 heterocycles. The van der Waals surface area contributed by atoms with Crippen molar-refractivity contribution >= 4 is 17.7 Å². The van der Waals surface area contributed by atoms with E-state index in [2.05, 4.69) is 26.1 Å². The molecule has 1 rings (SSSR count). The molecule has 0 saturated heterocycles. The number of ether oxygens (including phenoxy) is 1. The van der Waals surface area contributed by atoms with E-state index in [0.29, 0.717) is 6.54 Å². The van der Waals surface area contributed by atoms with Gasteiger partial charge in [-0.1, -0.05) is 26.8 Å². The summed E-state index contributed by atoms with van der Waals surface area (Å²) in [6, 6.07) is 4.47. The first-order valence-electron chi connectivity index (χ1n) is 6.79. The highest BCUT2D eigenvalue weighted by Gasteiger charge is 2.30. The highest BCUT2D eigenvalue weighted by atomic mass is 32.2. The third-order valence-electron chi connectivity index (χ3n) is 2.49. The van der Waals surface area contributed by atoms with Crippen LogP contribution in [0.5, 0.6) is 5.75 Å². The molecule has 0 aromatic heterocycles. The Hall–Kier alpha value is -1.37. The second-order valence-corrected chi connectivity index (χ2v) is 7.55. The van der Waals surface area contributed by atoms with Crippen LogP contribution in [-0.4, -0.2) is 29.6 Å². The van der Waals surface area contributed by atoms with Crippen molar-refractivity contribution in [2.45, 2.75) is 31.7 Å². The zero-order valence-corrected chi connectivity index (χ0v) is 13.6. The molecule has 7 heteroatoms. The van der Waals surface area contributed by atoms with Crippen molar-refractivity contribution in [3.05, 3.63) is 29.8 Å². The van der Waals surface area contributed by atoms with Crippen LogP contribution in [0.25, 0.3) is 0 Å². The average molecular weight is 335 g/mol. The van der Waals surface area contributed by atoms with Crippen molar-refractivity contribution in [1.82, 2.24) is 5.32 Å². The van der Waals surface area contributed by atoms with Crippen molar-refractivity contribution in [1.29, 1.82) is 0 Å². The maximum Gasteiger partial charge on any atom is 0.416 e. The van der Waals surface area contributed by atoms with Crippen molar-refractivity contribution in [3.63, 3.8) is 0 Å². The summed E-state index contributed by atoms with van der Waals surface area (Å²) >= 11 is 1.71. The van der Waals surface area contributed by atoms with Gasteiger partial charge in [-0.05, 0) is 18.2 Å². The molecule has 0 saturated carbocycles. The zero-order valence-electron chi connectivity index (χ0n) is 12.8. The van der Waals surface area contributed by atoms with E-state index < -0.39 is 11.7 Å². The number of rotatable bonds is 6. The molecule has 1 N–H and O–H groups in total. The third-order valence-corrected chi connectivity index (χ3v) is 3.76. The number of thioether (sulfide) groups is 1. The Balaban J connectivity index is 2.35. The molecule has 0 unspecified atom stereocenters. The Morgan fingerprint density at radius 3 is 2.55 bits per heavy atom. The van der Waals surface area contributed by atoms with Gasteiger partial charge in [0.05, 0.1) is 5.56 Å². The highest BCUT2D eigenvalue weighted by molar-refractivity contribution is 8.00. The lowest BCUT2D eigenvalue weighted by Crippen LogP contribution is -2.31. The van der Waals surface area contributed by atoms with Crippen LogP contribution in [0.3, 0.4) is 0 Å². The van der Waals surface area contributed by atoms with Gasteiger partial charge in [-0.25, -0.2) is 0 Å². The molecule has 0 bridgehead atoms. The molecule has 0 spiro atoms. The SMILES string of the molecule is CC(C)(C)SCCNC(=O)COc1cccc(C(F)(F)F)c1. The first kappa shape index (κ1) is 18.7. The minimum Gasteiger partial charge on any atom is -0.484 e. The topological polar surface area (TPSA) is 38.3 Å². The van der Waals surface area contributed by atoms with Crippen LogP contribution in [-0.2, 0) is 11.0 Å². The molecule has 0 fully saturated rings. The molecule has 0 aliphatic rings. The predicted octanol–water partition coefficient (Wildman–Crippen LogP) is 3.73. The normalized spacial score (nSPS) is 12.1. The molecule has 124 valence electrons. The lowest BCUT2D eigenvalue weighted by Gasteiger charge is -2.17. The van der Waals surface area contributed by atoms with E-state index >= 15 is 0 Å². The maximum atomic E-state index is 12.5. The molecule has 3 nitrogen and oxygen atoms in total. The van der Waals surface area contributed by atoms with E-state index in [1.165, 1.54) is 12.1 Å². The predicted molar refractivity (Wildman–Crippen MR) is 82.2 cm³/mol. The lowest BCUT2D eigenvalue weighted by molar-refractivity contribution is -0.137. The highest BCUT2D eigenvalue weighted by Crippen LogP contribution is 2.31. The van der Waals surface area contributed by atoms with Gasteiger partial charge in [0.15, 0.2) is 6.61 Å². The van der Waals surface area contributed by atoms with E-state index in [1.807, 2.05) is 0 Å². The standard InChI is InChI=1S/C15H20F3NO2S/c1-14(2,3)22-8-7-19-13(20)10-21-12-6-4-5-11(9-12)15(16,17)18/h4-6,9H,7-8,10H2,1-3H3,(H,19,20). The third kappa shape index (κ3) is 7.59. The summed E-state index contributed by atoms with van der Waals surface area (Å²) in [7, 11) is 0. The fraction of sp³-hybridized carbons (Fsp3) is 0.533. The Morgan fingerprint density at radius 2 is 1.95 bits per heavy atom. The number of halogens is 3. The molecule has 0 aliphatic carbocycles. The Morgan fingerprint density at radius 1 is 1.27 bits per heavy atom. The van der Waals surface area contributed by atoms with Crippen LogP contribution in [0.4, 0.5) is 13.2 Å². The summed E-state index contributed by atoms with van der Waals surface area (Å²) in [5.74, 6) is 0.430. The van der Waals surface area contributed by atoms with Gasteiger partial charge in [-0.15, -0.1) is 0 Å². The van der Waals surface area contributed by atoms with Crippen molar-refractivity contribution in [2.24, 2.45) is 0 Å². The van der Waals surface area contributed by atoms with E-state index in [0.717, 1.165) is 17.9 Å². The van der Waals surface area contributed by atoms with Crippen LogP contribution < -0.4 is 10.1 Å². The smallest absolute Gasteiger partial charge is 0.416 e. The van der Waals surface area contributed by atoms with Crippen molar-refractivity contribution in [2.75, 3.05) is 18.9 Å². The molecule has 1 aromatic carbocycles.